The number of hydrogen-bond donors (Lipinski definition) is 1. The molecule has 1 saturated heterocycles. The van der Waals surface area contributed by atoms with Gasteiger partial charge in [-0.1, -0.05) is 0 Å². The highest BCUT2D eigenvalue weighted by Gasteiger charge is 2.42. The van der Waals surface area contributed by atoms with Crippen molar-refractivity contribution in [1.29, 1.82) is 5.26 Å². The molecule has 0 aromatic heterocycles. The van der Waals surface area contributed by atoms with E-state index in [0.29, 0.717) is 18.1 Å². The van der Waals surface area contributed by atoms with Gasteiger partial charge in [-0.15, -0.1) is 0 Å². The predicted octanol–water partition coefficient (Wildman–Crippen LogP) is 1.58. The zero-order chi connectivity index (χ0) is 13.8. The Morgan fingerprint density at radius 3 is 2.78 bits per heavy atom. The van der Waals surface area contributed by atoms with Crippen LogP contribution in [0.1, 0.15) is 6.42 Å². The van der Waals surface area contributed by atoms with Gasteiger partial charge in [0.1, 0.15) is 0 Å². The first-order chi connectivity index (χ1) is 8.34. The minimum atomic E-state index is -4.56. The molecule has 0 aromatic rings. The van der Waals surface area contributed by atoms with Crippen LogP contribution in [0, 0.1) is 17.2 Å². The van der Waals surface area contributed by atoms with Crippen molar-refractivity contribution in [2.75, 3.05) is 24.6 Å². The van der Waals surface area contributed by atoms with E-state index in [1.165, 1.54) is 22.7 Å². The Labute approximate surface area is 107 Å². The van der Waals surface area contributed by atoms with Crippen LogP contribution in [0.25, 0.3) is 0 Å². The monoisotopic (exact) mass is 282 g/mol. The predicted molar refractivity (Wildman–Crippen MR) is 60.1 cm³/mol. The number of carboxylic acid groups (broad SMARTS) is 1. The number of carbonyl (C=O) groups is 1. The third kappa shape index (κ3) is 4.38. The van der Waals surface area contributed by atoms with Crippen molar-refractivity contribution in [3.05, 3.63) is 0 Å². The second kappa shape index (κ2) is 6.29. The number of nitrogens with zero attached hydrogens (tertiary/aromatic N) is 2. The molecule has 0 radical (unpaired) electrons. The van der Waals surface area contributed by atoms with E-state index in [0.717, 1.165) is 0 Å². The highest BCUT2D eigenvalue weighted by molar-refractivity contribution is 7.99. The summed E-state index contributed by atoms with van der Waals surface area (Å²) in [4.78, 5) is 12.1. The molecular formula is C10H13F3N2O2S. The van der Waals surface area contributed by atoms with E-state index in [-0.39, 0.29) is 6.42 Å². The van der Waals surface area contributed by atoms with Crippen LogP contribution in [-0.2, 0) is 4.79 Å². The summed E-state index contributed by atoms with van der Waals surface area (Å²) in [5.74, 6) is -1.95. The molecule has 1 aliphatic rings. The largest absolute Gasteiger partial charge is 0.481 e. The molecule has 2 unspecified atom stereocenters. The van der Waals surface area contributed by atoms with E-state index < -0.39 is 30.7 Å². The lowest BCUT2D eigenvalue weighted by atomic mass is 10.1. The molecule has 1 rings (SSSR count). The second-order valence-electron chi connectivity index (χ2n) is 4.04. The molecule has 8 heteroatoms. The summed E-state index contributed by atoms with van der Waals surface area (Å²) in [6.07, 6.45) is -4.75. The summed E-state index contributed by atoms with van der Waals surface area (Å²) in [7, 11) is 0. The van der Waals surface area contributed by atoms with Crippen molar-refractivity contribution >= 4 is 17.7 Å². The highest BCUT2D eigenvalue weighted by atomic mass is 32.2. The maximum Gasteiger partial charge on any atom is 0.405 e. The Kier molecular flexibility index (Phi) is 5.28. The molecule has 0 aliphatic carbocycles. The summed E-state index contributed by atoms with van der Waals surface area (Å²) in [5, 5.41) is 17.3. The Hall–Kier alpha value is -0.940. The minimum absolute atomic E-state index is 0.191. The SMILES string of the molecule is N#CC(CN1CCSCC1CC(=O)O)C(F)(F)F. The molecule has 1 heterocycles. The van der Waals surface area contributed by atoms with Crippen LogP contribution in [-0.4, -0.2) is 52.8 Å². The van der Waals surface area contributed by atoms with Crippen molar-refractivity contribution in [1.82, 2.24) is 4.90 Å². The van der Waals surface area contributed by atoms with Gasteiger partial charge in [0.25, 0.3) is 0 Å². The van der Waals surface area contributed by atoms with Crippen molar-refractivity contribution < 1.29 is 23.1 Å². The molecule has 0 amide bonds. The van der Waals surface area contributed by atoms with E-state index in [2.05, 4.69) is 0 Å². The van der Waals surface area contributed by atoms with Crippen LogP contribution >= 0.6 is 11.8 Å². The fraction of sp³-hybridized carbons (Fsp3) is 0.800. The number of alkyl halides is 3. The van der Waals surface area contributed by atoms with Crippen molar-refractivity contribution in [3.63, 3.8) is 0 Å². The molecule has 0 spiro atoms. The van der Waals surface area contributed by atoms with Crippen LogP contribution in [0.4, 0.5) is 13.2 Å². The van der Waals surface area contributed by atoms with Crippen LogP contribution < -0.4 is 0 Å². The fourth-order valence-corrected chi connectivity index (χ4v) is 2.90. The fourth-order valence-electron chi connectivity index (χ4n) is 1.77. The first-order valence-corrected chi connectivity index (χ1v) is 6.50. The molecule has 18 heavy (non-hydrogen) atoms. The average Bonchev–Trinajstić information content (AvgIpc) is 2.25. The van der Waals surface area contributed by atoms with E-state index >= 15 is 0 Å². The number of halogens is 3. The van der Waals surface area contributed by atoms with Gasteiger partial charge in [0, 0.05) is 30.6 Å². The molecule has 4 nitrogen and oxygen atoms in total. The van der Waals surface area contributed by atoms with Crippen LogP contribution in [0.2, 0.25) is 0 Å². The first kappa shape index (κ1) is 15.1. The third-order valence-corrected chi connectivity index (χ3v) is 3.82. The number of nitriles is 1. The maximum atomic E-state index is 12.5. The van der Waals surface area contributed by atoms with Crippen LogP contribution in [0.3, 0.4) is 0 Å². The highest BCUT2D eigenvalue weighted by Crippen LogP contribution is 2.29. The molecular weight excluding hydrogens is 269 g/mol. The quantitative estimate of drug-likeness (QED) is 0.848. The summed E-state index contributed by atoms with van der Waals surface area (Å²) in [6, 6.07) is 0.811. The molecule has 0 bridgehead atoms. The van der Waals surface area contributed by atoms with Gasteiger partial charge in [-0.25, -0.2) is 0 Å². The number of aliphatic carboxylic acids is 1. The molecule has 1 fully saturated rings. The number of carboxylic acids is 1. The van der Waals surface area contributed by atoms with Gasteiger partial charge in [-0.3, -0.25) is 9.69 Å². The van der Waals surface area contributed by atoms with Gasteiger partial charge < -0.3 is 5.11 Å². The van der Waals surface area contributed by atoms with Crippen LogP contribution in [0.15, 0.2) is 0 Å². The molecule has 1 aliphatic heterocycles. The average molecular weight is 282 g/mol. The van der Waals surface area contributed by atoms with Crippen molar-refractivity contribution in [2.24, 2.45) is 5.92 Å². The van der Waals surface area contributed by atoms with Gasteiger partial charge >= 0.3 is 12.1 Å². The van der Waals surface area contributed by atoms with E-state index in [1.54, 1.807) is 0 Å². The lowest BCUT2D eigenvalue weighted by molar-refractivity contribution is -0.164. The smallest absolute Gasteiger partial charge is 0.405 e. The van der Waals surface area contributed by atoms with Crippen LogP contribution in [0.5, 0.6) is 0 Å². The van der Waals surface area contributed by atoms with E-state index in [9.17, 15) is 18.0 Å². The lowest BCUT2D eigenvalue weighted by Gasteiger charge is -2.35. The normalized spacial score (nSPS) is 23.3. The Morgan fingerprint density at radius 2 is 2.28 bits per heavy atom. The number of thioether (sulfide) groups is 1. The molecule has 2 atom stereocenters. The van der Waals surface area contributed by atoms with Gasteiger partial charge in [-0.05, 0) is 0 Å². The second-order valence-corrected chi connectivity index (χ2v) is 5.19. The van der Waals surface area contributed by atoms with Gasteiger partial charge in [-0.2, -0.15) is 30.2 Å². The number of rotatable bonds is 4. The molecule has 0 aromatic carbocycles. The topological polar surface area (TPSA) is 64.3 Å². The van der Waals surface area contributed by atoms with Gasteiger partial charge in [0.2, 0.25) is 0 Å². The van der Waals surface area contributed by atoms with Gasteiger partial charge in [0.05, 0.1) is 12.5 Å². The third-order valence-electron chi connectivity index (χ3n) is 2.73. The lowest BCUT2D eigenvalue weighted by Crippen LogP contribution is -2.47. The number of hydrogen-bond acceptors (Lipinski definition) is 4. The Bertz CT molecular complexity index is 343. The Balaban J connectivity index is 2.67. The minimum Gasteiger partial charge on any atom is -0.481 e. The maximum absolute atomic E-state index is 12.5. The van der Waals surface area contributed by atoms with E-state index in [4.69, 9.17) is 10.4 Å². The Morgan fingerprint density at radius 1 is 1.61 bits per heavy atom. The summed E-state index contributed by atoms with van der Waals surface area (Å²) in [6.45, 7) is -0.0601. The van der Waals surface area contributed by atoms with Crippen molar-refractivity contribution in [3.8, 4) is 6.07 Å². The summed E-state index contributed by atoms with van der Waals surface area (Å²) in [5.41, 5.74) is 0. The van der Waals surface area contributed by atoms with Crippen molar-refractivity contribution in [2.45, 2.75) is 18.6 Å². The standard InChI is InChI=1S/C10H13F3N2O2S/c11-10(12,13)7(4-14)5-15-1-2-18-6-8(15)3-9(16)17/h7-8H,1-3,5-6H2,(H,16,17). The molecule has 102 valence electrons. The zero-order valence-electron chi connectivity index (χ0n) is 9.48. The molecule has 1 N–H and O–H groups in total. The summed E-state index contributed by atoms with van der Waals surface area (Å²) >= 11 is 1.52. The first-order valence-electron chi connectivity index (χ1n) is 5.34. The van der Waals surface area contributed by atoms with E-state index in [1.807, 2.05) is 0 Å². The zero-order valence-corrected chi connectivity index (χ0v) is 10.3. The van der Waals surface area contributed by atoms with Gasteiger partial charge in [0.15, 0.2) is 5.92 Å². The molecule has 0 saturated carbocycles. The summed E-state index contributed by atoms with van der Waals surface area (Å²) < 4.78 is 37.5.